The lowest BCUT2D eigenvalue weighted by Crippen LogP contribution is -2.51. The number of aliphatic hydroxyl groups is 1. The highest BCUT2D eigenvalue weighted by molar-refractivity contribution is 6.34. The number of nitrogens with one attached hydrogen (secondary N) is 1. The number of hydrogen-bond donors (Lipinski definition) is 2. The van der Waals surface area contributed by atoms with Gasteiger partial charge in [0.15, 0.2) is 0 Å². The molecule has 4 rings (SSSR count). The van der Waals surface area contributed by atoms with Crippen molar-refractivity contribution in [3.63, 3.8) is 0 Å². The van der Waals surface area contributed by atoms with E-state index < -0.39 is 17.8 Å². The van der Waals surface area contributed by atoms with E-state index in [9.17, 15) is 23.1 Å². The molecule has 1 aliphatic rings. The van der Waals surface area contributed by atoms with Gasteiger partial charge in [-0.2, -0.15) is 18.3 Å². The van der Waals surface area contributed by atoms with Crippen LogP contribution in [0.3, 0.4) is 0 Å². The summed E-state index contributed by atoms with van der Waals surface area (Å²) in [7, 11) is 0. The molecule has 0 spiro atoms. The van der Waals surface area contributed by atoms with Crippen LogP contribution in [0.4, 0.5) is 13.2 Å². The average Bonchev–Trinajstić information content (AvgIpc) is 3.33. The van der Waals surface area contributed by atoms with Crippen molar-refractivity contribution in [3.8, 4) is 11.4 Å². The van der Waals surface area contributed by atoms with Crippen LogP contribution < -0.4 is 10.1 Å². The fourth-order valence-electron chi connectivity index (χ4n) is 4.87. The Kier molecular flexibility index (Phi) is 11.4. The number of carbonyl (C=O) groups excluding carboxylic acids is 1. The van der Waals surface area contributed by atoms with Crippen LogP contribution in [0.2, 0.25) is 10.0 Å². The molecule has 1 saturated heterocycles. The summed E-state index contributed by atoms with van der Waals surface area (Å²) in [6, 6.07) is 11.6. The van der Waals surface area contributed by atoms with Crippen LogP contribution in [-0.4, -0.2) is 82.6 Å². The number of aliphatic hydroxyl groups excluding tert-OH is 1. The van der Waals surface area contributed by atoms with Gasteiger partial charge < -0.3 is 15.2 Å². The Hall–Kier alpha value is -2.83. The molecule has 0 aliphatic carbocycles. The molecule has 2 N–H and O–H groups in total. The summed E-state index contributed by atoms with van der Waals surface area (Å²) in [5, 5.41) is 19.1. The fourth-order valence-corrected chi connectivity index (χ4v) is 5.39. The first-order chi connectivity index (χ1) is 20.4. The normalized spacial score (nSPS) is 15.6. The zero-order valence-electron chi connectivity index (χ0n) is 24.1. The van der Waals surface area contributed by atoms with Gasteiger partial charge in [-0.15, -0.1) is 0 Å². The third-order valence-corrected chi connectivity index (χ3v) is 7.37. The summed E-state index contributed by atoms with van der Waals surface area (Å²) in [6.07, 6.45) is -4.42. The minimum Gasteiger partial charge on any atom is -0.491 e. The highest BCUT2D eigenvalue weighted by Crippen LogP contribution is 2.30. The minimum atomic E-state index is -4.41. The van der Waals surface area contributed by atoms with E-state index in [2.05, 4.69) is 24.1 Å². The number of piperazine rings is 1. The maximum Gasteiger partial charge on any atom is 0.416 e. The number of β-amino-alcohol motifs (C(OH)–C–C–N with tert-alkyl or cyclic N) is 1. The van der Waals surface area contributed by atoms with Gasteiger partial charge in [-0.3, -0.25) is 14.6 Å². The Bertz CT molecular complexity index is 1340. The molecule has 234 valence electrons. The van der Waals surface area contributed by atoms with Crippen LogP contribution in [0.15, 0.2) is 48.5 Å². The molecule has 1 amide bonds. The number of hydrogen-bond acceptors (Lipinski definition) is 6. The summed E-state index contributed by atoms with van der Waals surface area (Å²) < 4.78 is 45.4. The number of halogens is 5. The van der Waals surface area contributed by atoms with Crippen molar-refractivity contribution >= 4 is 29.1 Å². The van der Waals surface area contributed by atoms with Crippen LogP contribution >= 0.6 is 23.2 Å². The monoisotopic (exact) mass is 641 g/mol. The zero-order chi connectivity index (χ0) is 31.1. The van der Waals surface area contributed by atoms with Gasteiger partial charge in [-0.05, 0) is 60.9 Å². The Morgan fingerprint density at radius 3 is 2.26 bits per heavy atom. The van der Waals surface area contributed by atoms with Crippen molar-refractivity contribution in [1.82, 2.24) is 24.9 Å². The molecule has 1 unspecified atom stereocenters. The molecule has 1 aliphatic heterocycles. The molecule has 2 heterocycles. The zero-order valence-corrected chi connectivity index (χ0v) is 25.6. The predicted octanol–water partition coefficient (Wildman–Crippen LogP) is 5.07. The summed E-state index contributed by atoms with van der Waals surface area (Å²) in [5.41, 5.74) is 1.75. The molecule has 0 bridgehead atoms. The van der Waals surface area contributed by atoms with Gasteiger partial charge >= 0.3 is 6.18 Å². The Morgan fingerprint density at radius 1 is 1.02 bits per heavy atom. The first-order valence-electron chi connectivity index (χ1n) is 14.1. The van der Waals surface area contributed by atoms with E-state index >= 15 is 0 Å². The molecule has 0 radical (unpaired) electrons. The molecule has 1 fully saturated rings. The van der Waals surface area contributed by atoms with E-state index in [1.807, 2.05) is 15.6 Å². The first-order valence-corrected chi connectivity index (χ1v) is 14.8. The van der Waals surface area contributed by atoms with E-state index in [-0.39, 0.29) is 31.4 Å². The third kappa shape index (κ3) is 10.1. The highest BCUT2D eigenvalue weighted by atomic mass is 35.5. The number of alkyl halides is 3. The Labute approximate surface area is 259 Å². The number of benzene rings is 2. The maximum absolute atomic E-state index is 12.7. The van der Waals surface area contributed by atoms with Crippen molar-refractivity contribution in [2.75, 3.05) is 45.9 Å². The lowest BCUT2D eigenvalue weighted by Gasteiger charge is -2.35. The van der Waals surface area contributed by atoms with Gasteiger partial charge in [-0.1, -0.05) is 37.0 Å². The van der Waals surface area contributed by atoms with Crippen molar-refractivity contribution in [3.05, 3.63) is 75.5 Å². The van der Waals surface area contributed by atoms with E-state index in [0.717, 1.165) is 35.6 Å². The van der Waals surface area contributed by atoms with Gasteiger partial charge in [0.25, 0.3) is 0 Å². The highest BCUT2D eigenvalue weighted by Gasteiger charge is 2.30. The Morgan fingerprint density at radius 2 is 1.65 bits per heavy atom. The molecule has 3 aromatic rings. The smallest absolute Gasteiger partial charge is 0.416 e. The third-order valence-electron chi connectivity index (χ3n) is 6.93. The summed E-state index contributed by atoms with van der Waals surface area (Å²) in [4.78, 5) is 16.8. The molecule has 8 nitrogen and oxygen atoms in total. The minimum absolute atomic E-state index is 0.0347. The van der Waals surface area contributed by atoms with Crippen LogP contribution in [0.1, 0.15) is 30.8 Å². The van der Waals surface area contributed by atoms with Crippen molar-refractivity contribution in [2.45, 2.75) is 39.1 Å². The van der Waals surface area contributed by atoms with E-state index in [1.54, 1.807) is 18.2 Å². The SMILES string of the molecule is CC(C)Cc1cc(CNC(=O)CN2CCN(CC(O)COc3ccc(C(F)(F)F)cc3)CC2)nn1-c1cc(Cl)cc(Cl)c1. The summed E-state index contributed by atoms with van der Waals surface area (Å²) >= 11 is 12.4. The molecule has 1 atom stereocenters. The standard InChI is InChI=1S/C30H36Cl2F3N5O3/c1-20(2)11-25-15-24(37-40(25)26-13-22(31)12-23(32)14-26)16-36-29(42)18-39-9-7-38(8-10-39)17-27(41)19-43-28-5-3-21(4-6-28)30(33,34)35/h3-6,12-15,20,27,41H,7-11,16-19H2,1-2H3,(H,36,42). The molecule has 43 heavy (non-hydrogen) atoms. The molecular formula is C30H36Cl2F3N5O3. The number of amides is 1. The quantitative estimate of drug-likeness (QED) is 0.287. The topological polar surface area (TPSA) is 82.9 Å². The number of nitrogens with zero attached hydrogens (tertiary/aromatic N) is 4. The first kappa shape index (κ1) is 33.1. The summed E-state index contributed by atoms with van der Waals surface area (Å²) in [5.74, 6) is 0.558. The van der Waals surface area contributed by atoms with Crippen molar-refractivity contribution in [2.24, 2.45) is 5.92 Å². The van der Waals surface area contributed by atoms with E-state index in [0.29, 0.717) is 48.7 Å². The number of aromatic nitrogens is 2. The number of carbonyl (C=O) groups is 1. The molecule has 2 aromatic carbocycles. The van der Waals surface area contributed by atoms with Gasteiger partial charge in [0, 0.05) is 48.5 Å². The van der Waals surface area contributed by atoms with Crippen molar-refractivity contribution < 1.29 is 27.8 Å². The van der Waals surface area contributed by atoms with Crippen molar-refractivity contribution in [1.29, 1.82) is 0 Å². The van der Waals surface area contributed by atoms with Gasteiger partial charge in [-0.25, -0.2) is 4.68 Å². The molecule has 13 heteroatoms. The van der Waals surface area contributed by atoms with Gasteiger partial charge in [0.05, 0.1) is 30.0 Å². The maximum atomic E-state index is 12.7. The largest absolute Gasteiger partial charge is 0.491 e. The van der Waals surface area contributed by atoms with E-state index in [4.69, 9.17) is 33.0 Å². The lowest BCUT2D eigenvalue weighted by atomic mass is 10.1. The van der Waals surface area contributed by atoms with Crippen LogP contribution in [-0.2, 0) is 23.9 Å². The van der Waals surface area contributed by atoms with Gasteiger partial charge in [0.2, 0.25) is 5.91 Å². The van der Waals surface area contributed by atoms with Gasteiger partial charge in [0.1, 0.15) is 18.5 Å². The second kappa shape index (κ2) is 14.8. The molecular weight excluding hydrogens is 606 g/mol. The van der Waals surface area contributed by atoms with Crippen LogP contribution in [0, 0.1) is 5.92 Å². The predicted molar refractivity (Wildman–Crippen MR) is 160 cm³/mol. The fraction of sp³-hybridized carbons (Fsp3) is 0.467. The average molecular weight is 643 g/mol. The lowest BCUT2D eigenvalue weighted by molar-refractivity contribution is -0.137. The Balaban J connectivity index is 1.20. The number of rotatable bonds is 12. The second-order valence-electron chi connectivity index (χ2n) is 11.1. The molecule has 0 saturated carbocycles. The molecule has 1 aromatic heterocycles. The second-order valence-corrected chi connectivity index (χ2v) is 12.0. The van der Waals surface area contributed by atoms with E-state index in [1.165, 1.54) is 12.1 Å². The summed E-state index contributed by atoms with van der Waals surface area (Å²) in [6.45, 7) is 7.75. The van der Waals surface area contributed by atoms with Crippen LogP contribution in [0.25, 0.3) is 5.69 Å². The van der Waals surface area contributed by atoms with Crippen LogP contribution in [0.5, 0.6) is 5.75 Å². The number of ether oxygens (including phenoxy) is 1.